The van der Waals surface area contributed by atoms with Gasteiger partial charge in [0.05, 0.1) is 16.7 Å². The maximum atomic E-state index is 12.3. The number of halogens is 1. The first-order chi connectivity index (χ1) is 13.0. The molecule has 1 amide bonds. The Morgan fingerprint density at radius 2 is 1.96 bits per heavy atom. The molecule has 1 N–H and O–H groups in total. The Morgan fingerprint density at radius 1 is 1.22 bits per heavy atom. The molecule has 0 spiro atoms. The van der Waals surface area contributed by atoms with Crippen LogP contribution in [0.1, 0.15) is 35.9 Å². The molecule has 27 heavy (non-hydrogen) atoms. The third-order valence-corrected chi connectivity index (χ3v) is 4.07. The Balaban J connectivity index is 1.70. The number of hydrogen-bond acceptors (Lipinski definition) is 4. The molecule has 0 fully saturated rings. The van der Waals surface area contributed by atoms with E-state index in [4.69, 9.17) is 21.6 Å². The molecule has 0 saturated heterocycles. The Kier molecular flexibility index (Phi) is 5.43. The summed E-state index contributed by atoms with van der Waals surface area (Å²) >= 11 is 6.26. The molecule has 0 saturated carbocycles. The second-order valence-electron chi connectivity index (χ2n) is 6.11. The van der Waals surface area contributed by atoms with E-state index in [9.17, 15) is 4.79 Å². The van der Waals surface area contributed by atoms with Crippen molar-refractivity contribution in [1.29, 1.82) is 5.26 Å². The Bertz CT molecular complexity index is 1000. The van der Waals surface area contributed by atoms with Gasteiger partial charge in [-0.1, -0.05) is 11.6 Å². The number of nitriles is 1. The molecule has 0 aliphatic rings. The lowest BCUT2D eigenvalue weighted by Crippen LogP contribution is -2.13. The third kappa shape index (κ3) is 4.46. The van der Waals surface area contributed by atoms with Gasteiger partial charge in [0.2, 0.25) is 0 Å². The Labute approximate surface area is 161 Å². The Hall–Kier alpha value is -3.30. The van der Waals surface area contributed by atoms with Gasteiger partial charge in [0, 0.05) is 17.9 Å². The van der Waals surface area contributed by atoms with Crippen LogP contribution in [0.3, 0.4) is 0 Å². The van der Waals surface area contributed by atoms with E-state index < -0.39 is 0 Å². The van der Waals surface area contributed by atoms with Crippen LogP contribution >= 0.6 is 11.6 Å². The van der Waals surface area contributed by atoms with E-state index in [0.717, 1.165) is 0 Å². The number of anilines is 1. The summed E-state index contributed by atoms with van der Waals surface area (Å²) in [4.78, 5) is 12.3. The Morgan fingerprint density at radius 3 is 2.56 bits per heavy atom. The van der Waals surface area contributed by atoms with Gasteiger partial charge in [0.25, 0.3) is 5.91 Å². The third-order valence-electron chi connectivity index (χ3n) is 3.77. The largest absolute Gasteiger partial charge is 0.456 e. The molecule has 0 aliphatic carbocycles. The quantitative estimate of drug-likeness (QED) is 0.672. The molecule has 7 heteroatoms. The topological polar surface area (TPSA) is 79.9 Å². The number of aromatic nitrogens is 2. The van der Waals surface area contributed by atoms with Crippen LogP contribution in [0.5, 0.6) is 11.5 Å². The summed E-state index contributed by atoms with van der Waals surface area (Å²) < 4.78 is 7.43. The predicted molar refractivity (Wildman–Crippen MR) is 103 cm³/mol. The number of amides is 1. The highest BCUT2D eigenvalue weighted by atomic mass is 35.5. The van der Waals surface area contributed by atoms with E-state index in [-0.39, 0.29) is 11.9 Å². The van der Waals surface area contributed by atoms with Gasteiger partial charge in [-0.3, -0.25) is 9.48 Å². The zero-order valence-electron chi connectivity index (χ0n) is 14.8. The second-order valence-corrected chi connectivity index (χ2v) is 6.52. The summed E-state index contributed by atoms with van der Waals surface area (Å²) in [6.45, 7) is 3.97. The van der Waals surface area contributed by atoms with Crippen LogP contribution in [0.2, 0.25) is 5.02 Å². The van der Waals surface area contributed by atoms with E-state index in [2.05, 4.69) is 10.4 Å². The van der Waals surface area contributed by atoms with E-state index in [1.54, 1.807) is 59.4 Å². The number of carbonyl (C=O) groups excluding carboxylic acids is 1. The standard InChI is InChI=1S/C20H17ClN4O2/c1-13(2)25-10-9-18(24-25)20(26)23-15-5-8-19(17(21)11-15)27-16-6-3-14(12-22)4-7-16/h3-11,13H,1-2H3,(H,23,26). The zero-order valence-corrected chi connectivity index (χ0v) is 15.6. The minimum Gasteiger partial charge on any atom is -0.456 e. The van der Waals surface area contributed by atoms with Gasteiger partial charge in [0.15, 0.2) is 5.69 Å². The van der Waals surface area contributed by atoms with Crippen LogP contribution in [-0.2, 0) is 0 Å². The number of hydrogen-bond donors (Lipinski definition) is 1. The van der Waals surface area contributed by atoms with Gasteiger partial charge >= 0.3 is 0 Å². The number of rotatable bonds is 5. The molecule has 0 bridgehead atoms. The normalized spacial score (nSPS) is 10.5. The first kappa shape index (κ1) is 18.5. The van der Waals surface area contributed by atoms with Gasteiger partial charge in [-0.2, -0.15) is 10.4 Å². The summed E-state index contributed by atoms with van der Waals surface area (Å²) in [5.41, 5.74) is 1.42. The van der Waals surface area contributed by atoms with Crippen LogP contribution in [-0.4, -0.2) is 15.7 Å². The summed E-state index contributed by atoms with van der Waals surface area (Å²) in [5.74, 6) is 0.696. The number of carbonyl (C=O) groups is 1. The minimum atomic E-state index is -0.314. The van der Waals surface area contributed by atoms with E-state index in [1.807, 2.05) is 19.9 Å². The van der Waals surface area contributed by atoms with Crippen LogP contribution in [0.25, 0.3) is 0 Å². The van der Waals surface area contributed by atoms with Crippen molar-refractivity contribution in [3.05, 3.63) is 71.0 Å². The van der Waals surface area contributed by atoms with Crippen LogP contribution < -0.4 is 10.1 Å². The lowest BCUT2D eigenvalue weighted by Gasteiger charge is -2.10. The van der Waals surface area contributed by atoms with Gasteiger partial charge in [-0.05, 0) is 62.4 Å². The highest BCUT2D eigenvalue weighted by molar-refractivity contribution is 6.32. The molecule has 6 nitrogen and oxygen atoms in total. The molecule has 0 atom stereocenters. The van der Waals surface area contributed by atoms with Crippen molar-refractivity contribution in [1.82, 2.24) is 9.78 Å². The first-order valence-corrected chi connectivity index (χ1v) is 8.68. The summed E-state index contributed by atoms with van der Waals surface area (Å²) in [6.07, 6.45) is 1.76. The smallest absolute Gasteiger partial charge is 0.276 e. The second kappa shape index (κ2) is 7.94. The lowest BCUT2D eigenvalue weighted by atomic mass is 10.2. The molecular formula is C20H17ClN4O2. The molecule has 0 unspecified atom stereocenters. The van der Waals surface area contributed by atoms with Gasteiger partial charge in [-0.25, -0.2) is 0 Å². The summed E-state index contributed by atoms with van der Waals surface area (Å²) in [6, 6.07) is 15.6. The van der Waals surface area contributed by atoms with Crippen molar-refractivity contribution in [3.63, 3.8) is 0 Å². The van der Waals surface area contributed by atoms with Crippen molar-refractivity contribution in [3.8, 4) is 17.6 Å². The maximum Gasteiger partial charge on any atom is 0.276 e. The fourth-order valence-electron chi connectivity index (χ4n) is 2.33. The van der Waals surface area contributed by atoms with E-state index in [1.165, 1.54) is 0 Å². The summed E-state index contributed by atoms with van der Waals surface area (Å²) in [5, 5.41) is 16.2. The maximum absolute atomic E-state index is 12.3. The van der Waals surface area contributed by atoms with Crippen molar-refractivity contribution in [2.45, 2.75) is 19.9 Å². The lowest BCUT2D eigenvalue weighted by molar-refractivity contribution is 0.102. The van der Waals surface area contributed by atoms with Crippen LogP contribution in [0.4, 0.5) is 5.69 Å². The monoisotopic (exact) mass is 380 g/mol. The SMILES string of the molecule is CC(C)n1ccc(C(=O)Nc2ccc(Oc3ccc(C#N)cc3)c(Cl)c2)n1. The molecule has 1 heterocycles. The van der Waals surface area contributed by atoms with E-state index >= 15 is 0 Å². The minimum absolute atomic E-state index is 0.180. The number of nitrogens with zero attached hydrogens (tertiary/aromatic N) is 3. The average Bonchev–Trinajstić information content (AvgIpc) is 3.15. The van der Waals surface area contributed by atoms with Gasteiger partial charge < -0.3 is 10.1 Å². The van der Waals surface area contributed by atoms with Crippen LogP contribution in [0, 0.1) is 11.3 Å². The molecule has 0 aliphatic heterocycles. The van der Waals surface area contributed by atoms with Gasteiger partial charge in [-0.15, -0.1) is 0 Å². The average molecular weight is 381 g/mol. The van der Waals surface area contributed by atoms with Crippen molar-refractivity contribution >= 4 is 23.2 Å². The first-order valence-electron chi connectivity index (χ1n) is 8.30. The van der Waals surface area contributed by atoms with Gasteiger partial charge in [0.1, 0.15) is 11.5 Å². The number of ether oxygens (including phenoxy) is 1. The van der Waals surface area contributed by atoms with E-state index in [0.29, 0.717) is 33.5 Å². The predicted octanol–water partition coefficient (Wildman–Crippen LogP) is 5.03. The number of nitrogens with one attached hydrogen (secondary N) is 1. The van der Waals surface area contributed by atoms with Crippen molar-refractivity contribution < 1.29 is 9.53 Å². The summed E-state index contributed by atoms with van der Waals surface area (Å²) in [7, 11) is 0. The van der Waals surface area contributed by atoms with Crippen LogP contribution in [0.15, 0.2) is 54.7 Å². The van der Waals surface area contributed by atoms with Crippen molar-refractivity contribution in [2.75, 3.05) is 5.32 Å². The molecule has 0 radical (unpaired) electrons. The molecule has 136 valence electrons. The molecule has 2 aromatic carbocycles. The molecular weight excluding hydrogens is 364 g/mol. The highest BCUT2D eigenvalue weighted by Gasteiger charge is 2.12. The number of benzene rings is 2. The van der Waals surface area contributed by atoms with Crippen molar-refractivity contribution in [2.24, 2.45) is 0 Å². The fraction of sp³-hybridized carbons (Fsp3) is 0.150. The molecule has 3 rings (SSSR count). The molecule has 3 aromatic rings. The zero-order chi connectivity index (χ0) is 19.4. The fourth-order valence-corrected chi connectivity index (χ4v) is 2.55. The highest BCUT2D eigenvalue weighted by Crippen LogP contribution is 2.31. The molecule has 1 aromatic heterocycles.